The van der Waals surface area contributed by atoms with Gasteiger partial charge >= 0.3 is 0 Å². The molecule has 2 aliphatic heterocycles. The lowest BCUT2D eigenvalue weighted by atomic mass is 9.77. The van der Waals surface area contributed by atoms with Crippen molar-refractivity contribution in [2.75, 3.05) is 26.2 Å². The van der Waals surface area contributed by atoms with Crippen LogP contribution in [0.1, 0.15) is 36.2 Å². The van der Waals surface area contributed by atoms with E-state index < -0.39 is 4.33 Å². The van der Waals surface area contributed by atoms with Crippen LogP contribution in [0.4, 0.5) is 0 Å². The number of aryl methyl sites for hydroxylation is 1. The summed E-state index contributed by atoms with van der Waals surface area (Å²) in [4.78, 5) is 29.7. The molecule has 1 saturated carbocycles. The zero-order chi connectivity index (χ0) is 20.4. The molecule has 5 rings (SSSR count). The van der Waals surface area contributed by atoms with E-state index in [4.69, 9.17) is 23.2 Å². The third-order valence-corrected chi connectivity index (χ3v) is 7.99. The van der Waals surface area contributed by atoms with Crippen LogP contribution in [0.2, 0.25) is 0 Å². The molecule has 2 amide bonds. The van der Waals surface area contributed by atoms with Crippen molar-refractivity contribution in [1.29, 1.82) is 0 Å². The number of rotatable bonds is 2. The van der Waals surface area contributed by atoms with Gasteiger partial charge in [0.1, 0.15) is 10.0 Å². The summed E-state index contributed by atoms with van der Waals surface area (Å²) in [6, 6.07) is 10.1. The number of hydrogen-bond donors (Lipinski definition) is 0. The van der Waals surface area contributed by atoms with Gasteiger partial charge < -0.3 is 14.4 Å². The molecule has 0 radical (unpaired) electrons. The second kappa shape index (κ2) is 6.64. The Hall–Kier alpha value is -1.72. The maximum Gasteiger partial charge on any atom is 0.270 e. The number of amides is 2. The van der Waals surface area contributed by atoms with Crippen molar-refractivity contribution >= 4 is 45.9 Å². The van der Waals surface area contributed by atoms with Crippen molar-refractivity contribution in [3.63, 3.8) is 0 Å². The van der Waals surface area contributed by atoms with Gasteiger partial charge in [0, 0.05) is 44.1 Å². The lowest BCUT2D eigenvalue weighted by molar-refractivity contribution is -0.132. The van der Waals surface area contributed by atoms with Crippen LogP contribution >= 0.6 is 23.2 Å². The summed E-state index contributed by atoms with van der Waals surface area (Å²) in [5.74, 6) is -0.0495. The minimum Gasteiger partial charge on any atom is -0.342 e. The highest BCUT2D eigenvalue weighted by molar-refractivity contribution is 6.52. The number of carbonyl (C=O) groups is 2. The molecule has 7 heteroatoms. The van der Waals surface area contributed by atoms with E-state index in [-0.39, 0.29) is 23.1 Å². The molecule has 1 atom stereocenters. The number of nitrogens with zero attached hydrogens (tertiary/aromatic N) is 3. The smallest absolute Gasteiger partial charge is 0.270 e. The highest BCUT2D eigenvalue weighted by Gasteiger charge is 2.58. The molecular weight excluding hydrogens is 409 g/mol. The normalized spacial score (nSPS) is 25.0. The minimum absolute atomic E-state index is 0.0940. The second-order valence-corrected chi connectivity index (χ2v) is 10.5. The Labute approximate surface area is 180 Å². The average molecular weight is 434 g/mol. The Kier molecular flexibility index (Phi) is 4.41. The fraction of sp³-hybridized carbons (Fsp3) is 0.545. The average Bonchev–Trinajstić information content (AvgIpc) is 3.03. The predicted molar refractivity (Wildman–Crippen MR) is 114 cm³/mol. The maximum absolute atomic E-state index is 13.1. The Balaban J connectivity index is 1.24. The number of likely N-dealkylation sites (tertiary alicyclic amines) is 2. The second-order valence-electron chi connectivity index (χ2n) is 8.97. The molecule has 3 fully saturated rings. The van der Waals surface area contributed by atoms with Crippen LogP contribution in [-0.2, 0) is 11.8 Å². The van der Waals surface area contributed by atoms with Crippen LogP contribution in [0, 0.1) is 11.3 Å². The van der Waals surface area contributed by atoms with Crippen molar-refractivity contribution < 1.29 is 9.59 Å². The molecular formula is C22H25Cl2N3O2. The minimum atomic E-state index is -0.860. The number of para-hydroxylation sites is 1. The molecule has 0 bridgehead atoms. The molecule has 29 heavy (non-hydrogen) atoms. The van der Waals surface area contributed by atoms with Crippen molar-refractivity contribution in [2.24, 2.45) is 18.4 Å². The van der Waals surface area contributed by atoms with E-state index in [9.17, 15) is 9.59 Å². The zero-order valence-corrected chi connectivity index (χ0v) is 18.0. The van der Waals surface area contributed by atoms with E-state index in [0.717, 1.165) is 62.0 Å². The fourth-order valence-corrected chi connectivity index (χ4v) is 5.57. The van der Waals surface area contributed by atoms with Gasteiger partial charge in [0.15, 0.2) is 0 Å². The highest BCUT2D eigenvalue weighted by Crippen LogP contribution is 2.54. The molecule has 2 aromatic rings. The fourth-order valence-electron chi connectivity index (χ4n) is 5.07. The standard InChI is InChI=1S/C22H25Cl2N3O2/c1-25-17-5-3-2-4-15(17)12-18(25)20(29)26-9-6-21(7-10-26)8-11-27(14-21)19(28)16-13-22(16,23)24/h2-5,12,16H,6-11,13-14H2,1H3. The van der Waals surface area contributed by atoms with E-state index in [2.05, 4.69) is 0 Å². The lowest BCUT2D eigenvalue weighted by Crippen LogP contribution is -2.45. The first-order valence-electron chi connectivity index (χ1n) is 10.3. The summed E-state index contributed by atoms with van der Waals surface area (Å²) < 4.78 is 1.12. The zero-order valence-electron chi connectivity index (χ0n) is 16.5. The molecule has 1 aromatic heterocycles. The number of benzene rings is 1. The maximum atomic E-state index is 13.1. The largest absolute Gasteiger partial charge is 0.342 e. The molecule has 3 aliphatic rings. The van der Waals surface area contributed by atoms with Crippen LogP contribution in [0.15, 0.2) is 30.3 Å². The van der Waals surface area contributed by atoms with E-state index in [0.29, 0.717) is 6.42 Å². The van der Waals surface area contributed by atoms with Crippen molar-refractivity contribution in [3.8, 4) is 0 Å². The van der Waals surface area contributed by atoms with E-state index in [1.165, 1.54) is 0 Å². The highest BCUT2D eigenvalue weighted by atomic mass is 35.5. The molecule has 1 aliphatic carbocycles. The SMILES string of the molecule is Cn1c(C(=O)N2CCC3(CC2)CCN(C(=O)C2CC2(Cl)Cl)C3)cc2ccccc21. The molecule has 154 valence electrons. The summed E-state index contributed by atoms with van der Waals surface area (Å²) in [6.45, 7) is 3.01. The Morgan fingerprint density at radius 1 is 1.03 bits per heavy atom. The topological polar surface area (TPSA) is 45.6 Å². The number of alkyl halides is 2. The number of aromatic nitrogens is 1. The molecule has 2 saturated heterocycles. The molecule has 1 unspecified atom stereocenters. The number of piperidine rings is 1. The Morgan fingerprint density at radius 3 is 2.28 bits per heavy atom. The van der Waals surface area contributed by atoms with E-state index >= 15 is 0 Å². The van der Waals surface area contributed by atoms with Crippen LogP contribution in [0.25, 0.3) is 10.9 Å². The van der Waals surface area contributed by atoms with E-state index in [1.54, 1.807) is 0 Å². The third kappa shape index (κ3) is 3.23. The number of hydrogen-bond acceptors (Lipinski definition) is 2. The first kappa shape index (κ1) is 19.3. The van der Waals surface area contributed by atoms with Crippen molar-refractivity contribution in [3.05, 3.63) is 36.0 Å². The number of carbonyl (C=O) groups excluding carboxylic acids is 2. The van der Waals surface area contributed by atoms with Gasteiger partial charge in [0.2, 0.25) is 5.91 Å². The first-order chi connectivity index (χ1) is 13.8. The Morgan fingerprint density at radius 2 is 1.66 bits per heavy atom. The van der Waals surface area contributed by atoms with Gasteiger partial charge in [-0.1, -0.05) is 18.2 Å². The van der Waals surface area contributed by atoms with Gasteiger partial charge in [-0.15, -0.1) is 23.2 Å². The van der Waals surface area contributed by atoms with Gasteiger partial charge in [-0.2, -0.15) is 0 Å². The van der Waals surface area contributed by atoms with Gasteiger partial charge in [-0.05, 0) is 43.2 Å². The molecule has 3 heterocycles. The van der Waals surface area contributed by atoms with Gasteiger partial charge in [0.05, 0.1) is 5.92 Å². The monoisotopic (exact) mass is 433 g/mol. The van der Waals surface area contributed by atoms with Crippen molar-refractivity contribution in [2.45, 2.75) is 30.0 Å². The molecule has 1 aromatic carbocycles. The molecule has 5 nitrogen and oxygen atoms in total. The summed E-state index contributed by atoms with van der Waals surface area (Å²) >= 11 is 12.2. The Bertz CT molecular complexity index is 991. The summed E-state index contributed by atoms with van der Waals surface area (Å²) in [5.41, 5.74) is 1.94. The van der Waals surface area contributed by atoms with E-state index in [1.807, 2.05) is 51.7 Å². The quantitative estimate of drug-likeness (QED) is 0.675. The molecule has 0 N–H and O–H groups in total. The van der Waals surface area contributed by atoms with Crippen LogP contribution < -0.4 is 0 Å². The predicted octanol–water partition coefficient (Wildman–Crippen LogP) is 3.83. The number of halogens is 2. The van der Waals surface area contributed by atoms with Crippen LogP contribution in [0.3, 0.4) is 0 Å². The van der Waals surface area contributed by atoms with Gasteiger partial charge in [-0.25, -0.2) is 0 Å². The van der Waals surface area contributed by atoms with Gasteiger partial charge in [-0.3, -0.25) is 9.59 Å². The number of fused-ring (bicyclic) bond motifs is 1. The van der Waals surface area contributed by atoms with Crippen molar-refractivity contribution in [1.82, 2.24) is 14.4 Å². The summed E-state index contributed by atoms with van der Waals surface area (Å²) in [5, 5.41) is 1.09. The van der Waals surface area contributed by atoms with Crippen LogP contribution in [-0.4, -0.2) is 56.7 Å². The summed E-state index contributed by atoms with van der Waals surface area (Å²) in [6.07, 6.45) is 3.43. The first-order valence-corrected chi connectivity index (χ1v) is 11.1. The lowest BCUT2D eigenvalue weighted by Gasteiger charge is -2.39. The third-order valence-electron chi connectivity index (χ3n) is 7.16. The van der Waals surface area contributed by atoms with Crippen LogP contribution in [0.5, 0.6) is 0 Å². The van der Waals surface area contributed by atoms with Gasteiger partial charge in [0.25, 0.3) is 5.91 Å². The molecule has 1 spiro atoms. The summed E-state index contributed by atoms with van der Waals surface area (Å²) in [7, 11) is 1.95.